The molecule has 1 aromatic heterocycles. The summed E-state index contributed by atoms with van der Waals surface area (Å²) in [5, 5.41) is 8.00. The molecule has 1 N–H and O–H groups in total. The second-order valence-electron chi connectivity index (χ2n) is 5.84. The Labute approximate surface area is 105 Å². The SMILES string of the molecule is CC1CCC(NC(C)c2cnn(C)c2)C(C)C1. The van der Waals surface area contributed by atoms with Gasteiger partial charge >= 0.3 is 0 Å². The molecule has 17 heavy (non-hydrogen) atoms. The van der Waals surface area contributed by atoms with Crippen LogP contribution in [0.3, 0.4) is 0 Å². The summed E-state index contributed by atoms with van der Waals surface area (Å²) in [5.41, 5.74) is 1.29. The number of hydrogen-bond donors (Lipinski definition) is 1. The largest absolute Gasteiger partial charge is 0.307 e. The van der Waals surface area contributed by atoms with Crippen LogP contribution in [0.4, 0.5) is 0 Å². The quantitative estimate of drug-likeness (QED) is 0.873. The van der Waals surface area contributed by atoms with Crippen molar-refractivity contribution in [1.29, 1.82) is 0 Å². The predicted molar refractivity (Wildman–Crippen MR) is 70.7 cm³/mol. The molecule has 3 heteroatoms. The molecule has 0 bridgehead atoms. The Kier molecular flexibility index (Phi) is 3.87. The van der Waals surface area contributed by atoms with E-state index in [1.54, 1.807) is 0 Å². The highest BCUT2D eigenvalue weighted by molar-refractivity contribution is 5.09. The summed E-state index contributed by atoms with van der Waals surface area (Å²) in [4.78, 5) is 0. The van der Waals surface area contributed by atoms with E-state index in [0.29, 0.717) is 12.1 Å². The highest BCUT2D eigenvalue weighted by atomic mass is 15.2. The Balaban J connectivity index is 1.92. The molecule has 1 saturated carbocycles. The first kappa shape index (κ1) is 12.6. The van der Waals surface area contributed by atoms with E-state index in [9.17, 15) is 0 Å². The lowest BCUT2D eigenvalue weighted by atomic mass is 9.79. The molecule has 1 aliphatic carbocycles. The fraction of sp³-hybridized carbons (Fsp3) is 0.786. The van der Waals surface area contributed by atoms with Crippen LogP contribution in [0.15, 0.2) is 12.4 Å². The minimum Gasteiger partial charge on any atom is -0.307 e. The van der Waals surface area contributed by atoms with Gasteiger partial charge in [0.1, 0.15) is 0 Å². The third-order valence-corrected chi connectivity index (χ3v) is 4.12. The predicted octanol–water partition coefficient (Wildman–Crippen LogP) is 2.90. The lowest BCUT2D eigenvalue weighted by molar-refractivity contribution is 0.216. The maximum atomic E-state index is 4.24. The molecule has 1 fully saturated rings. The van der Waals surface area contributed by atoms with Gasteiger partial charge in [-0.05, 0) is 38.0 Å². The summed E-state index contributed by atoms with van der Waals surface area (Å²) in [6.45, 7) is 6.99. The van der Waals surface area contributed by atoms with Crippen LogP contribution in [0.5, 0.6) is 0 Å². The lowest BCUT2D eigenvalue weighted by Gasteiger charge is -2.35. The van der Waals surface area contributed by atoms with Crippen molar-refractivity contribution in [3.63, 3.8) is 0 Å². The number of rotatable bonds is 3. The van der Waals surface area contributed by atoms with Crippen molar-refractivity contribution < 1.29 is 0 Å². The Bertz CT molecular complexity index is 358. The Morgan fingerprint density at radius 2 is 2.18 bits per heavy atom. The molecule has 4 atom stereocenters. The molecular formula is C14H25N3. The van der Waals surface area contributed by atoms with Crippen molar-refractivity contribution in [2.45, 2.75) is 52.1 Å². The van der Waals surface area contributed by atoms with Crippen LogP contribution < -0.4 is 5.32 Å². The van der Waals surface area contributed by atoms with Crippen molar-refractivity contribution >= 4 is 0 Å². The lowest BCUT2D eigenvalue weighted by Crippen LogP contribution is -2.40. The molecule has 0 amide bonds. The summed E-state index contributed by atoms with van der Waals surface area (Å²) >= 11 is 0. The van der Waals surface area contributed by atoms with E-state index in [0.717, 1.165) is 11.8 Å². The van der Waals surface area contributed by atoms with Gasteiger partial charge in [0.15, 0.2) is 0 Å². The third kappa shape index (κ3) is 3.09. The first-order valence-electron chi connectivity index (χ1n) is 6.81. The first-order valence-corrected chi connectivity index (χ1v) is 6.81. The molecule has 1 aromatic rings. The van der Waals surface area contributed by atoms with Crippen LogP contribution in [-0.4, -0.2) is 15.8 Å². The second-order valence-corrected chi connectivity index (χ2v) is 5.84. The highest BCUT2D eigenvalue weighted by Gasteiger charge is 2.26. The number of aryl methyl sites for hydroxylation is 1. The monoisotopic (exact) mass is 235 g/mol. The molecule has 96 valence electrons. The molecular weight excluding hydrogens is 210 g/mol. The third-order valence-electron chi connectivity index (χ3n) is 4.12. The van der Waals surface area contributed by atoms with E-state index in [-0.39, 0.29) is 0 Å². The average molecular weight is 235 g/mol. The number of nitrogens with zero attached hydrogens (tertiary/aromatic N) is 2. The minimum absolute atomic E-state index is 0.407. The van der Waals surface area contributed by atoms with E-state index in [2.05, 4.69) is 37.4 Å². The van der Waals surface area contributed by atoms with E-state index >= 15 is 0 Å². The number of hydrogen-bond acceptors (Lipinski definition) is 2. The maximum absolute atomic E-state index is 4.24. The molecule has 0 aromatic carbocycles. The van der Waals surface area contributed by atoms with Crippen molar-refractivity contribution in [1.82, 2.24) is 15.1 Å². The van der Waals surface area contributed by atoms with Gasteiger partial charge in [0.25, 0.3) is 0 Å². The van der Waals surface area contributed by atoms with Crippen LogP contribution in [0.25, 0.3) is 0 Å². The van der Waals surface area contributed by atoms with E-state index in [1.807, 2.05) is 17.9 Å². The minimum atomic E-state index is 0.407. The fourth-order valence-corrected chi connectivity index (χ4v) is 2.99. The zero-order valence-electron chi connectivity index (χ0n) is 11.5. The van der Waals surface area contributed by atoms with E-state index in [1.165, 1.54) is 24.8 Å². The molecule has 4 unspecified atom stereocenters. The van der Waals surface area contributed by atoms with Gasteiger partial charge in [-0.15, -0.1) is 0 Å². The Hall–Kier alpha value is -0.830. The van der Waals surface area contributed by atoms with Gasteiger partial charge in [-0.25, -0.2) is 0 Å². The molecule has 0 radical (unpaired) electrons. The van der Waals surface area contributed by atoms with Crippen LogP contribution in [0.2, 0.25) is 0 Å². The van der Waals surface area contributed by atoms with Crippen molar-refractivity contribution in [2.24, 2.45) is 18.9 Å². The molecule has 0 aliphatic heterocycles. The molecule has 1 heterocycles. The first-order chi connectivity index (χ1) is 8.06. The maximum Gasteiger partial charge on any atom is 0.0537 e. The molecule has 1 aliphatic rings. The molecule has 3 nitrogen and oxygen atoms in total. The summed E-state index contributed by atoms with van der Waals surface area (Å²) < 4.78 is 1.87. The van der Waals surface area contributed by atoms with E-state index in [4.69, 9.17) is 0 Å². The van der Waals surface area contributed by atoms with Gasteiger partial charge in [-0.1, -0.05) is 13.8 Å². The van der Waals surface area contributed by atoms with E-state index < -0.39 is 0 Å². The van der Waals surface area contributed by atoms with Crippen LogP contribution in [0.1, 0.15) is 51.6 Å². The van der Waals surface area contributed by atoms with Gasteiger partial charge in [-0.2, -0.15) is 5.10 Å². The molecule has 0 saturated heterocycles. The van der Waals surface area contributed by atoms with Crippen LogP contribution in [-0.2, 0) is 7.05 Å². The van der Waals surface area contributed by atoms with Gasteiger partial charge in [0.2, 0.25) is 0 Å². The van der Waals surface area contributed by atoms with Gasteiger partial charge in [0.05, 0.1) is 6.20 Å². The average Bonchev–Trinajstić information content (AvgIpc) is 2.69. The summed E-state index contributed by atoms with van der Waals surface area (Å²) in [5.74, 6) is 1.69. The zero-order valence-corrected chi connectivity index (χ0v) is 11.5. The Morgan fingerprint density at radius 1 is 1.41 bits per heavy atom. The van der Waals surface area contributed by atoms with Gasteiger partial charge in [0, 0.05) is 30.9 Å². The van der Waals surface area contributed by atoms with Crippen molar-refractivity contribution in [2.75, 3.05) is 0 Å². The standard InChI is InChI=1S/C14H25N3/c1-10-5-6-14(11(2)7-10)16-12(3)13-8-15-17(4)9-13/h8-12,14,16H,5-7H2,1-4H3. The molecule has 0 spiro atoms. The smallest absolute Gasteiger partial charge is 0.0537 e. The van der Waals surface area contributed by atoms with Crippen LogP contribution >= 0.6 is 0 Å². The summed E-state index contributed by atoms with van der Waals surface area (Å²) in [6, 6.07) is 1.07. The number of nitrogens with one attached hydrogen (secondary N) is 1. The fourth-order valence-electron chi connectivity index (χ4n) is 2.99. The summed E-state index contributed by atoms with van der Waals surface area (Å²) in [6.07, 6.45) is 8.10. The Morgan fingerprint density at radius 3 is 2.76 bits per heavy atom. The van der Waals surface area contributed by atoms with Crippen LogP contribution in [0, 0.1) is 11.8 Å². The normalized spacial score (nSPS) is 31.4. The second kappa shape index (κ2) is 5.21. The topological polar surface area (TPSA) is 29.9 Å². The zero-order chi connectivity index (χ0) is 12.4. The number of aromatic nitrogens is 2. The van der Waals surface area contributed by atoms with Gasteiger partial charge < -0.3 is 5.32 Å². The molecule has 2 rings (SSSR count). The van der Waals surface area contributed by atoms with Crippen molar-refractivity contribution in [3.05, 3.63) is 18.0 Å². The van der Waals surface area contributed by atoms with Crippen molar-refractivity contribution in [3.8, 4) is 0 Å². The highest BCUT2D eigenvalue weighted by Crippen LogP contribution is 2.30. The van der Waals surface area contributed by atoms with Gasteiger partial charge in [-0.3, -0.25) is 4.68 Å². The summed E-state index contributed by atoms with van der Waals surface area (Å²) in [7, 11) is 1.97.